The maximum absolute atomic E-state index is 11.6. The van der Waals surface area contributed by atoms with Gasteiger partial charge in [0.1, 0.15) is 0 Å². The second-order valence-electron chi connectivity index (χ2n) is 6.07. The summed E-state index contributed by atoms with van der Waals surface area (Å²) in [4.78, 5) is 17.0. The van der Waals surface area contributed by atoms with Crippen LogP contribution in [0.15, 0.2) is 78.4 Å². The number of thiophene rings is 1. The standard InChI is InChI=1S/C22H21NO2S/c24-22(25)20(17-8-2-1-3-9-17)12-5-4-11-19(21-13-7-15-26-21)18-10-6-14-23-16-18/h1-3,6-11,13-16,20H,4-5,12H2,(H,24,25). The van der Waals surface area contributed by atoms with Gasteiger partial charge in [-0.1, -0.05) is 48.5 Å². The van der Waals surface area contributed by atoms with E-state index in [0.29, 0.717) is 6.42 Å². The van der Waals surface area contributed by atoms with Crippen LogP contribution in [-0.2, 0) is 4.79 Å². The highest BCUT2D eigenvalue weighted by Crippen LogP contribution is 2.28. The fraction of sp³-hybridized carbons (Fsp3) is 0.182. The highest BCUT2D eigenvalue weighted by molar-refractivity contribution is 7.11. The zero-order chi connectivity index (χ0) is 18.2. The van der Waals surface area contributed by atoms with E-state index < -0.39 is 11.9 Å². The minimum absolute atomic E-state index is 0.451. The quantitative estimate of drug-likeness (QED) is 0.529. The lowest BCUT2D eigenvalue weighted by atomic mass is 9.93. The fourth-order valence-corrected chi connectivity index (χ4v) is 3.79. The molecule has 0 fully saturated rings. The average Bonchev–Trinajstić information content (AvgIpc) is 3.20. The number of hydrogen-bond donors (Lipinski definition) is 1. The molecule has 1 atom stereocenters. The molecule has 1 unspecified atom stereocenters. The first-order chi connectivity index (χ1) is 12.8. The Morgan fingerprint density at radius 3 is 2.62 bits per heavy atom. The molecule has 0 radical (unpaired) electrons. The van der Waals surface area contributed by atoms with Crippen LogP contribution in [0, 0.1) is 0 Å². The Hall–Kier alpha value is -2.72. The topological polar surface area (TPSA) is 50.2 Å². The van der Waals surface area contributed by atoms with E-state index in [0.717, 1.165) is 24.0 Å². The van der Waals surface area contributed by atoms with Crippen molar-refractivity contribution in [1.29, 1.82) is 0 Å². The lowest BCUT2D eigenvalue weighted by Gasteiger charge is -2.12. The smallest absolute Gasteiger partial charge is 0.310 e. The van der Waals surface area contributed by atoms with Gasteiger partial charge < -0.3 is 5.11 Å². The molecule has 0 amide bonds. The number of pyridine rings is 1. The van der Waals surface area contributed by atoms with Gasteiger partial charge in [-0.25, -0.2) is 0 Å². The molecule has 3 nitrogen and oxygen atoms in total. The van der Waals surface area contributed by atoms with Gasteiger partial charge in [-0.2, -0.15) is 0 Å². The lowest BCUT2D eigenvalue weighted by molar-refractivity contribution is -0.139. The van der Waals surface area contributed by atoms with Gasteiger partial charge in [-0.05, 0) is 47.9 Å². The maximum Gasteiger partial charge on any atom is 0.310 e. The first-order valence-electron chi connectivity index (χ1n) is 8.68. The van der Waals surface area contributed by atoms with Crippen molar-refractivity contribution in [3.63, 3.8) is 0 Å². The molecular formula is C22H21NO2S. The van der Waals surface area contributed by atoms with Gasteiger partial charge in [-0.15, -0.1) is 11.3 Å². The molecule has 3 aromatic rings. The van der Waals surface area contributed by atoms with Crippen LogP contribution >= 0.6 is 11.3 Å². The summed E-state index contributed by atoms with van der Waals surface area (Å²) in [7, 11) is 0. The van der Waals surface area contributed by atoms with Crippen LogP contribution in [0.5, 0.6) is 0 Å². The SMILES string of the molecule is O=C(O)C(CCCC=C(c1cccnc1)c1cccs1)c1ccccc1. The van der Waals surface area contributed by atoms with E-state index in [1.165, 1.54) is 10.5 Å². The molecule has 0 spiro atoms. The van der Waals surface area contributed by atoms with Crippen LogP contribution in [0.25, 0.3) is 5.57 Å². The van der Waals surface area contributed by atoms with Crippen molar-refractivity contribution in [3.05, 3.63) is 94.5 Å². The summed E-state index contributed by atoms with van der Waals surface area (Å²) >= 11 is 1.70. The molecular weight excluding hydrogens is 342 g/mol. The van der Waals surface area contributed by atoms with E-state index in [1.807, 2.05) is 48.7 Å². The Kier molecular flexibility index (Phi) is 6.34. The molecule has 1 N–H and O–H groups in total. The Morgan fingerprint density at radius 2 is 1.96 bits per heavy atom. The van der Waals surface area contributed by atoms with E-state index in [1.54, 1.807) is 17.5 Å². The number of aliphatic carboxylic acids is 1. The summed E-state index contributed by atoms with van der Waals surface area (Å²) in [6.45, 7) is 0. The van der Waals surface area contributed by atoms with E-state index in [2.05, 4.69) is 28.6 Å². The number of aromatic nitrogens is 1. The molecule has 2 aromatic heterocycles. The normalized spacial score (nSPS) is 12.7. The van der Waals surface area contributed by atoms with Crippen molar-refractivity contribution in [2.24, 2.45) is 0 Å². The summed E-state index contributed by atoms with van der Waals surface area (Å²) in [5, 5.41) is 11.6. The van der Waals surface area contributed by atoms with Gasteiger partial charge in [0.05, 0.1) is 5.92 Å². The molecule has 1 aromatic carbocycles. The van der Waals surface area contributed by atoms with Crippen molar-refractivity contribution in [2.45, 2.75) is 25.2 Å². The number of benzene rings is 1. The predicted molar refractivity (Wildman–Crippen MR) is 106 cm³/mol. The van der Waals surface area contributed by atoms with Crippen LogP contribution in [0.3, 0.4) is 0 Å². The number of carboxylic acid groups (broad SMARTS) is 1. The summed E-state index contributed by atoms with van der Waals surface area (Å²) in [5.74, 6) is -1.21. The van der Waals surface area contributed by atoms with Crippen molar-refractivity contribution in [3.8, 4) is 0 Å². The van der Waals surface area contributed by atoms with E-state index in [4.69, 9.17) is 0 Å². The number of rotatable bonds is 8. The molecule has 132 valence electrons. The number of carbonyl (C=O) groups is 1. The Labute approximate surface area is 157 Å². The summed E-state index contributed by atoms with van der Waals surface area (Å²) in [6.07, 6.45) is 8.12. The minimum atomic E-state index is -0.758. The number of unbranched alkanes of at least 4 members (excludes halogenated alkanes) is 1. The summed E-state index contributed by atoms with van der Waals surface area (Å²) in [5.41, 5.74) is 3.13. The van der Waals surface area contributed by atoms with Crippen molar-refractivity contribution in [2.75, 3.05) is 0 Å². The van der Waals surface area contributed by atoms with Crippen LogP contribution in [0.1, 0.15) is 41.2 Å². The maximum atomic E-state index is 11.6. The Morgan fingerprint density at radius 1 is 1.12 bits per heavy atom. The van der Waals surface area contributed by atoms with Crippen LogP contribution < -0.4 is 0 Å². The second-order valence-corrected chi connectivity index (χ2v) is 7.02. The van der Waals surface area contributed by atoms with Gasteiger partial charge in [0.25, 0.3) is 0 Å². The van der Waals surface area contributed by atoms with Gasteiger partial charge in [0, 0.05) is 22.8 Å². The first-order valence-corrected chi connectivity index (χ1v) is 9.56. The third kappa shape index (κ3) is 4.67. The summed E-state index contributed by atoms with van der Waals surface area (Å²) < 4.78 is 0. The molecule has 26 heavy (non-hydrogen) atoms. The van der Waals surface area contributed by atoms with Crippen LogP contribution in [0.4, 0.5) is 0 Å². The van der Waals surface area contributed by atoms with Crippen LogP contribution in [-0.4, -0.2) is 16.1 Å². The largest absolute Gasteiger partial charge is 0.481 e. The average molecular weight is 363 g/mol. The summed E-state index contributed by atoms with van der Waals surface area (Å²) in [6, 6.07) is 17.6. The number of carboxylic acids is 1. The molecule has 0 aliphatic rings. The van der Waals surface area contributed by atoms with E-state index >= 15 is 0 Å². The molecule has 0 bridgehead atoms. The monoisotopic (exact) mass is 363 g/mol. The molecule has 0 aliphatic carbocycles. The van der Waals surface area contributed by atoms with Crippen molar-refractivity contribution in [1.82, 2.24) is 4.98 Å². The molecule has 2 heterocycles. The van der Waals surface area contributed by atoms with Gasteiger partial charge in [0.2, 0.25) is 0 Å². The number of allylic oxidation sites excluding steroid dienone is 1. The van der Waals surface area contributed by atoms with E-state index in [-0.39, 0.29) is 0 Å². The zero-order valence-electron chi connectivity index (χ0n) is 14.4. The first kappa shape index (κ1) is 18.1. The highest BCUT2D eigenvalue weighted by atomic mass is 32.1. The molecule has 0 aliphatic heterocycles. The van der Waals surface area contributed by atoms with Crippen LogP contribution in [0.2, 0.25) is 0 Å². The molecule has 4 heteroatoms. The van der Waals surface area contributed by atoms with Gasteiger partial charge in [0.15, 0.2) is 0 Å². The van der Waals surface area contributed by atoms with Crippen molar-refractivity contribution < 1.29 is 9.90 Å². The fourth-order valence-electron chi connectivity index (χ4n) is 3.00. The molecule has 0 saturated carbocycles. The van der Waals surface area contributed by atoms with Gasteiger partial charge in [-0.3, -0.25) is 9.78 Å². The number of nitrogens with zero attached hydrogens (tertiary/aromatic N) is 1. The third-order valence-electron chi connectivity index (χ3n) is 4.30. The Bertz CT molecular complexity index is 842. The third-order valence-corrected chi connectivity index (χ3v) is 5.21. The predicted octanol–water partition coefficient (Wildman–Crippen LogP) is 5.61. The van der Waals surface area contributed by atoms with Gasteiger partial charge >= 0.3 is 5.97 Å². The molecule has 3 rings (SSSR count). The lowest BCUT2D eigenvalue weighted by Crippen LogP contribution is -2.11. The molecule has 0 saturated heterocycles. The number of hydrogen-bond acceptors (Lipinski definition) is 3. The van der Waals surface area contributed by atoms with Crippen molar-refractivity contribution >= 4 is 22.9 Å². The minimum Gasteiger partial charge on any atom is -0.481 e. The Balaban J connectivity index is 1.70. The van der Waals surface area contributed by atoms with E-state index in [9.17, 15) is 9.90 Å². The zero-order valence-corrected chi connectivity index (χ0v) is 15.2. The second kappa shape index (κ2) is 9.11. The highest BCUT2D eigenvalue weighted by Gasteiger charge is 2.18.